The fraction of sp³-hybridized carbons (Fsp3) is 0.312. The van der Waals surface area contributed by atoms with Crippen molar-refractivity contribution in [1.29, 1.82) is 0 Å². The molecule has 1 aliphatic rings. The molecule has 0 bridgehead atoms. The molecule has 0 saturated carbocycles. The van der Waals surface area contributed by atoms with Crippen LogP contribution in [0.3, 0.4) is 0 Å². The monoisotopic (exact) mass is 227 g/mol. The van der Waals surface area contributed by atoms with E-state index < -0.39 is 0 Å². The van der Waals surface area contributed by atoms with Crippen molar-refractivity contribution in [2.24, 2.45) is 4.99 Å². The molecule has 17 heavy (non-hydrogen) atoms. The maximum absolute atomic E-state index is 4.49. The highest BCUT2D eigenvalue weighted by Crippen LogP contribution is 2.16. The Morgan fingerprint density at radius 2 is 1.76 bits per heavy atom. The molecule has 0 amide bonds. The van der Waals surface area contributed by atoms with Gasteiger partial charge in [0.1, 0.15) is 0 Å². The summed E-state index contributed by atoms with van der Waals surface area (Å²) in [5, 5.41) is 0. The molecule has 0 saturated heterocycles. The van der Waals surface area contributed by atoms with Gasteiger partial charge in [-0.3, -0.25) is 4.99 Å². The molecule has 0 unspecified atom stereocenters. The minimum atomic E-state index is 0.942. The second kappa shape index (κ2) is 6.85. The summed E-state index contributed by atoms with van der Waals surface area (Å²) in [6.45, 7) is 8.27. The Morgan fingerprint density at radius 3 is 2.47 bits per heavy atom. The predicted molar refractivity (Wildman–Crippen MR) is 76.6 cm³/mol. The van der Waals surface area contributed by atoms with E-state index in [2.05, 4.69) is 49.2 Å². The second-order valence-corrected chi connectivity index (χ2v) is 3.92. The molecular weight excluding hydrogens is 206 g/mol. The molecule has 1 heteroatoms. The standard InChI is InChI=1S/C14H15N.C2H6/c1-11-6-5-9-15-14(10-11)13-8-4-3-7-12(13)2;1-2/h3-9H,10H2,1-2H3;1-2H3. The van der Waals surface area contributed by atoms with Gasteiger partial charge < -0.3 is 0 Å². The molecule has 0 aromatic heterocycles. The lowest BCUT2D eigenvalue weighted by atomic mass is 9.99. The number of nitrogens with zero attached hydrogens (tertiary/aromatic N) is 1. The summed E-state index contributed by atoms with van der Waals surface area (Å²) in [7, 11) is 0. The van der Waals surface area contributed by atoms with Gasteiger partial charge in [0.05, 0.1) is 5.71 Å². The minimum Gasteiger partial charge on any atom is -0.260 e. The highest BCUT2D eigenvalue weighted by molar-refractivity contribution is 6.03. The lowest BCUT2D eigenvalue weighted by Gasteiger charge is -2.08. The van der Waals surface area contributed by atoms with E-state index in [1.807, 2.05) is 26.1 Å². The van der Waals surface area contributed by atoms with Crippen molar-refractivity contribution in [3.63, 3.8) is 0 Å². The first-order chi connectivity index (χ1) is 8.27. The SMILES string of the molecule is CC.CC1=CC=CN=C(c2ccccc2C)C1. The van der Waals surface area contributed by atoms with E-state index in [-0.39, 0.29) is 0 Å². The van der Waals surface area contributed by atoms with Crippen LogP contribution in [0.15, 0.2) is 53.2 Å². The van der Waals surface area contributed by atoms with Crippen LogP contribution in [0.5, 0.6) is 0 Å². The van der Waals surface area contributed by atoms with Crippen molar-refractivity contribution in [2.75, 3.05) is 0 Å². The average molecular weight is 227 g/mol. The maximum atomic E-state index is 4.49. The first-order valence-electron chi connectivity index (χ1n) is 6.22. The van der Waals surface area contributed by atoms with Crippen molar-refractivity contribution >= 4 is 5.71 Å². The van der Waals surface area contributed by atoms with Crippen molar-refractivity contribution < 1.29 is 0 Å². The number of allylic oxidation sites excluding steroid dienone is 3. The summed E-state index contributed by atoms with van der Waals surface area (Å²) in [6.07, 6.45) is 6.94. The number of benzene rings is 1. The van der Waals surface area contributed by atoms with Gasteiger partial charge in [-0.15, -0.1) is 0 Å². The summed E-state index contributed by atoms with van der Waals surface area (Å²) in [5.41, 5.74) is 5.07. The first kappa shape index (κ1) is 13.4. The molecule has 1 aromatic carbocycles. The third kappa shape index (κ3) is 3.70. The topological polar surface area (TPSA) is 12.4 Å². The lowest BCUT2D eigenvalue weighted by molar-refractivity contribution is 1.25. The fourth-order valence-electron chi connectivity index (χ4n) is 1.77. The van der Waals surface area contributed by atoms with Gasteiger partial charge in [-0.1, -0.05) is 49.8 Å². The molecule has 1 heterocycles. The van der Waals surface area contributed by atoms with Gasteiger partial charge in [-0.05, 0) is 31.1 Å². The van der Waals surface area contributed by atoms with Gasteiger partial charge in [0.2, 0.25) is 0 Å². The molecule has 2 rings (SSSR count). The van der Waals surface area contributed by atoms with Crippen LogP contribution >= 0.6 is 0 Å². The van der Waals surface area contributed by atoms with Gasteiger partial charge in [0, 0.05) is 12.6 Å². The highest BCUT2D eigenvalue weighted by Gasteiger charge is 2.07. The summed E-state index contributed by atoms with van der Waals surface area (Å²) >= 11 is 0. The second-order valence-electron chi connectivity index (χ2n) is 3.92. The number of hydrogen-bond acceptors (Lipinski definition) is 1. The summed E-state index contributed by atoms with van der Waals surface area (Å²) in [5.74, 6) is 0. The molecule has 1 nitrogen and oxygen atoms in total. The number of aryl methyl sites for hydroxylation is 1. The zero-order chi connectivity index (χ0) is 12.7. The molecule has 1 aromatic rings. The molecule has 90 valence electrons. The molecule has 0 atom stereocenters. The molecule has 0 spiro atoms. The predicted octanol–water partition coefficient (Wildman–Crippen LogP) is 4.67. The minimum absolute atomic E-state index is 0.942. The average Bonchev–Trinajstić information content (AvgIpc) is 2.57. The van der Waals surface area contributed by atoms with Gasteiger partial charge in [-0.25, -0.2) is 0 Å². The van der Waals surface area contributed by atoms with Crippen LogP contribution in [0.2, 0.25) is 0 Å². The van der Waals surface area contributed by atoms with Crippen LogP contribution in [0.4, 0.5) is 0 Å². The Labute approximate surface area is 105 Å². The van der Waals surface area contributed by atoms with Gasteiger partial charge in [0.15, 0.2) is 0 Å². The number of rotatable bonds is 1. The Morgan fingerprint density at radius 1 is 1.06 bits per heavy atom. The quantitative estimate of drug-likeness (QED) is 0.661. The molecule has 0 fully saturated rings. The van der Waals surface area contributed by atoms with E-state index >= 15 is 0 Å². The Kier molecular flexibility index (Phi) is 5.41. The molecule has 1 aliphatic heterocycles. The van der Waals surface area contributed by atoms with Crippen molar-refractivity contribution in [3.05, 3.63) is 59.3 Å². The Balaban J connectivity index is 0.000000686. The van der Waals surface area contributed by atoms with Crippen LogP contribution in [-0.2, 0) is 0 Å². The van der Waals surface area contributed by atoms with E-state index in [9.17, 15) is 0 Å². The fourth-order valence-corrected chi connectivity index (χ4v) is 1.77. The summed E-state index contributed by atoms with van der Waals surface area (Å²) < 4.78 is 0. The molecule has 0 aliphatic carbocycles. The summed E-state index contributed by atoms with van der Waals surface area (Å²) in [4.78, 5) is 4.49. The smallest absolute Gasteiger partial charge is 0.0518 e. The van der Waals surface area contributed by atoms with Crippen molar-refractivity contribution in [3.8, 4) is 0 Å². The molecule has 0 N–H and O–H groups in total. The van der Waals surface area contributed by atoms with Gasteiger partial charge in [0.25, 0.3) is 0 Å². The molecular formula is C16H21N. The summed E-state index contributed by atoms with van der Waals surface area (Å²) in [6, 6.07) is 8.40. The highest BCUT2D eigenvalue weighted by atomic mass is 14.7. The molecule has 0 radical (unpaired) electrons. The van der Waals surface area contributed by atoms with E-state index in [1.165, 1.54) is 16.7 Å². The third-order valence-corrected chi connectivity index (χ3v) is 2.60. The van der Waals surface area contributed by atoms with Crippen LogP contribution in [-0.4, -0.2) is 5.71 Å². The van der Waals surface area contributed by atoms with Gasteiger partial charge in [-0.2, -0.15) is 0 Å². The van der Waals surface area contributed by atoms with Crippen LogP contribution in [0.25, 0.3) is 0 Å². The normalized spacial score (nSPS) is 14.1. The van der Waals surface area contributed by atoms with Crippen molar-refractivity contribution in [1.82, 2.24) is 0 Å². The van der Waals surface area contributed by atoms with Crippen LogP contribution in [0, 0.1) is 6.92 Å². The van der Waals surface area contributed by atoms with Crippen LogP contribution in [0.1, 0.15) is 38.3 Å². The Bertz CT molecular complexity index is 450. The van der Waals surface area contributed by atoms with E-state index in [1.54, 1.807) is 0 Å². The van der Waals surface area contributed by atoms with Gasteiger partial charge >= 0.3 is 0 Å². The van der Waals surface area contributed by atoms with E-state index in [0.29, 0.717) is 0 Å². The van der Waals surface area contributed by atoms with Crippen LogP contribution < -0.4 is 0 Å². The maximum Gasteiger partial charge on any atom is 0.0518 e. The third-order valence-electron chi connectivity index (χ3n) is 2.60. The van der Waals surface area contributed by atoms with Crippen molar-refractivity contribution in [2.45, 2.75) is 34.1 Å². The first-order valence-corrected chi connectivity index (χ1v) is 6.22. The Hall–Kier alpha value is -1.63. The zero-order valence-corrected chi connectivity index (χ0v) is 11.2. The van der Waals surface area contributed by atoms with E-state index in [0.717, 1.165) is 12.1 Å². The largest absolute Gasteiger partial charge is 0.260 e. The van der Waals surface area contributed by atoms with E-state index in [4.69, 9.17) is 0 Å². The zero-order valence-electron chi connectivity index (χ0n) is 11.2. The number of aliphatic imine (C=N–C) groups is 1. The lowest BCUT2D eigenvalue weighted by Crippen LogP contribution is -2.02. The number of hydrogen-bond donors (Lipinski definition) is 0.